The van der Waals surface area contributed by atoms with Crippen LogP contribution in [0.1, 0.15) is 101 Å². The molecule has 15 nitrogen and oxygen atoms in total. The van der Waals surface area contributed by atoms with Crippen LogP contribution in [0.25, 0.3) is 33.6 Å². The van der Waals surface area contributed by atoms with Crippen LogP contribution in [0.15, 0.2) is 48.8 Å². The highest BCUT2D eigenvalue weighted by Gasteiger charge is 2.51. The monoisotopic (exact) mass is 908 g/mol. The number of alkyl halides is 4. The number of ether oxygens (including phenoxy) is 2. The first kappa shape index (κ1) is 47.0. The lowest BCUT2D eigenvalue weighted by Gasteiger charge is -2.36. The number of H-pyrrole nitrogens is 2. The van der Waals surface area contributed by atoms with E-state index >= 15 is 8.78 Å². The van der Waals surface area contributed by atoms with Crippen molar-refractivity contribution >= 4 is 24.0 Å². The summed E-state index contributed by atoms with van der Waals surface area (Å²) in [6, 6.07) is 5.51. The summed E-state index contributed by atoms with van der Waals surface area (Å²) < 4.78 is 69.9. The maximum Gasteiger partial charge on any atom is 0.407 e. The molecule has 2 aromatic heterocycles. The fourth-order valence-electron chi connectivity index (χ4n) is 9.91. The molecule has 3 aliphatic rings. The second kappa shape index (κ2) is 19.6. The Morgan fingerprint density at radius 1 is 0.892 bits per heavy atom. The van der Waals surface area contributed by atoms with Crippen LogP contribution in [-0.4, -0.2) is 99.1 Å². The zero-order chi connectivity index (χ0) is 46.7. The van der Waals surface area contributed by atoms with Crippen molar-refractivity contribution in [1.82, 2.24) is 40.8 Å². The lowest BCUT2D eigenvalue weighted by Crippen LogP contribution is -2.53. The zero-order valence-electron chi connectivity index (χ0n) is 36.9. The van der Waals surface area contributed by atoms with Crippen molar-refractivity contribution in [3.8, 4) is 33.6 Å². The van der Waals surface area contributed by atoms with Gasteiger partial charge in [0, 0.05) is 17.2 Å². The largest absolute Gasteiger partial charge is 0.453 e. The van der Waals surface area contributed by atoms with Gasteiger partial charge in [-0.1, -0.05) is 44.5 Å². The molecular formula is C46H56F4N8O7. The number of piperidine rings is 1. The van der Waals surface area contributed by atoms with Gasteiger partial charge in [0.05, 0.1) is 56.2 Å². The number of methoxy groups -OCH3 is 2. The van der Waals surface area contributed by atoms with E-state index in [4.69, 9.17) is 4.74 Å². The Kier molecular flexibility index (Phi) is 14.2. The van der Waals surface area contributed by atoms with Crippen molar-refractivity contribution in [2.45, 2.75) is 115 Å². The fourth-order valence-corrected chi connectivity index (χ4v) is 9.91. The lowest BCUT2D eigenvalue weighted by molar-refractivity contribution is -0.138. The van der Waals surface area contributed by atoms with Gasteiger partial charge in [-0.2, -0.15) is 8.78 Å². The zero-order valence-corrected chi connectivity index (χ0v) is 36.9. The number of aromatic amines is 2. The summed E-state index contributed by atoms with van der Waals surface area (Å²) in [6.45, 7) is 2.18. The number of halogens is 4. The third-order valence-corrected chi connectivity index (χ3v) is 13.3. The Hall–Kier alpha value is -5.98. The maximum absolute atomic E-state index is 15.7. The smallest absolute Gasteiger partial charge is 0.407 e. The molecule has 4 amide bonds. The number of rotatable bonds is 16. The molecule has 9 atom stereocenters. The summed E-state index contributed by atoms with van der Waals surface area (Å²) >= 11 is 0. The van der Waals surface area contributed by atoms with Gasteiger partial charge in [-0.05, 0) is 97.6 Å². The number of benzene rings is 2. The number of amides is 4. The van der Waals surface area contributed by atoms with E-state index in [-0.39, 0.29) is 52.1 Å². The van der Waals surface area contributed by atoms with E-state index in [0.29, 0.717) is 40.9 Å². The van der Waals surface area contributed by atoms with Crippen molar-refractivity contribution in [3.05, 3.63) is 71.6 Å². The first-order valence-electron chi connectivity index (χ1n) is 22.0. The molecule has 2 bridgehead atoms. The Labute approximate surface area is 373 Å². The molecule has 1 aliphatic heterocycles. The first-order chi connectivity index (χ1) is 31.1. The van der Waals surface area contributed by atoms with Gasteiger partial charge in [-0.15, -0.1) is 0 Å². The number of alkyl carbamates (subject to hydrolysis) is 2. The Morgan fingerprint density at radius 3 is 2.22 bits per heavy atom. The minimum atomic E-state index is -3.97. The van der Waals surface area contributed by atoms with Gasteiger partial charge in [0.2, 0.25) is 11.8 Å². The highest BCUT2D eigenvalue weighted by atomic mass is 19.3. The molecule has 6 N–H and O–H groups in total. The number of nitrogens with zero attached hydrogens (tertiary/aromatic N) is 3. The van der Waals surface area contributed by atoms with Crippen LogP contribution in [0.2, 0.25) is 0 Å². The van der Waals surface area contributed by atoms with Crippen molar-refractivity contribution < 1.29 is 51.3 Å². The van der Waals surface area contributed by atoms with Gasteiger partial charge < -0.3 is 45.4 Å². The SMILES string of the molecule is CC[C@H](NC(=O)OC)C(=O)N1[C@@H]2CC[C@@H](C2)[C@H]1c1ncc(-c2ccc(-c3ccc(-c4cnc([C@@H](NC(=O)[C@@H](NC(=O)OC)[C@@H](C)O)[C@H]5CC[C@@H](C)C5)[nH]4)cc3C(F)(F)CF)c(CF)c2)[nH]1. The van der Waals surface area contributed by atoms with Gasteiger partial charge in [-0.3, -0.25) is 9.59 Å². The quantitative estimate of drug-likeness (QED) is 0.0614. The third kappa shape index (κ3) is 9.70. The minimum absolute atomic E-state index is 0.0200. The van der Waals surface area contributed by atoms with Crippen LogP contribution in [0.5, 0.6) is 0 Å². The number of aliphatic hydroxyl groups excluding tert-OH is 1. The second-order valence-electron chi connectivity index (χ2n) is 17.5. The topological polar surface area (TPSA) is 204 Å². The maximum atomic E-state index is 15.7. The number of carbonyl (C=O) groups excluding carboxylic acids is 4. The number of fused-ring (bicyclic) bond motifs is 2. The van der Waals surface area contributed by atoms with E-state index in [1.165, 1.54) is 38.4 Å². The van der Waals surface area contributed by atoms with Crippen LogP contribution in [0, 0.1) is 17.8 Å². The van der Waals surface area contributed by atoms with Crippen molar-refractivity contribution in [3.63, 3.8) is 0 Å². The van der Waals surface area contributed by atoms with Crippen molar-refractivity contribution in [2.24, 2.45) is 17.8 Å². The standard InChI is InChI=1S/C46H56F4N8O7/c1-6-34(55-44(62)64-4)43(61)58-30-12-9-28(17-30)39(58)41-52-21-35(54-41)25-10-13-31(29(16-25)19-47)32-14-11-26(18-33(32)46(49,50)22-48)36-20-51-40(53-36)38(27-8-7-23(2)15-27)56-42(60)37(24(3)59)57-45(63)65-5/h10-11,13-14,16,18,20-21,23-24,27-28,30,34,37-39,59H,6-9,12,15,17,19,22H2,1-5H3,(H,51,53)(H,52,54)(H,55,62)(H,56,60)(H,57,63)/t23-,24-,27+,28+,30-,34+,37+,38+,39+/m1/s1. The van der Waals surface area contributed by atoms with E-state index in [1.54, 1.807) is 30.2 Å². The predicted molar refractivity (Wildman–Crippen MR) is 230 cm³/mol. The Bertz CT molecular complexity index is 2370. The number of nitrogens with one attached hydrogen (secondary N) is 5. The summed E-state index contributed by atoms with van der Waals surface area (Å²) in [6.07, 6.45) is 5.35. The molecule has 2 aromatic carbocycles. The molecule has 7 rings (SSSR count). The number of aliphatic hydroxyl groups is 1. The normalized spacial score (nSPS) is 22.2. The molecule has 3 fully saturated rings. The molecule has 2 saturated carbocycles. The first-order valence-corrected chi connectivity index (χ1v) is 22.0. The summed E-state index contributed by atoms with van der Waals surface area (Å²) in [5.41, 5.74) is 1.02. The van der Waals surface area contributed by atoms with Crippen LogP contribution >= 0.6 is 0 Å². The van der Waals surface area contributed by atoms with E-state index in [1.807, 2.05) is 0 Å². The highest BCUT2D eigenvalue weighted by molar-refractivity contribution is 5.87. The molecule has 0 unspecified atom stereocenters. The number of hydrogen-bond acceptors (Lipinski definition) is 9. The van der Waals surface area contributed by atoms with Crippen LogP contribution in [0.4, 0.5) is 27.2 Å². The number of carbonyl (C=O) groups is 4. The van der Waals surface area contributed by atoms with Crippen molar-refractivity contribution in [2.75, 3.05) is 20.9 Å². The molecule has 65 heavy (non-hydrogen) atoms. The molecule has 0 radical (unpaired) electrons. The summed E-state index contributed by atoms with van der Waals surface area (Å²) in [5, 5.41) is 18.2. The number of imidazole rings is 2. The van der Waals surface area contributed by atoms with E-state index < -0.39 is 67.2 Å². The van der Waals surface area contributed by atoms with Gasteiger partial charge in [-0.25, -0.2) is 28.3 Å². The minimum Gasteiger partial charge on any atom is -0.453 e. The molecule has 350 valence electrons. The van der Waals surface area contributed by atoms with E-state index in [0.717, 1.165) is 51.7 Å². The van der Waals surface area contributed by atoms with Crippen LogP contribution < -0.4 is 16.0 Å². The molecule has 1 saturated heterocycles. The summed E-state index contributed by atoms with van der Waals surface area (Å²) in [5.74, 6) is -3.63. The summed E-state index contributed by atoms with van der Waals surface area (Å²) in [7, 11) is 2.36. The molecule has 19 heteroatoms. The van der Waals surface area contributed by atoms with E-state index in [9.17, 15) is 33.1 Å². The molecule has 0 spiro atoms. The van der Waals surface area contributed by atoms with Crippen molar-refractivity contribution in [1.29, 1.82) is 0 Å². The van der Waals surface area contributed by atoms with Gasteiger partial charge in [0.25, 0.3) is 0 Å². The average molecular weight is 909 g/mol. The Morgan fingerprint density at radius 2 is 1.57 bits per heavy atom. The molecule has 3 heterocycles. The van der Waals surface area contributed by atoms with Gasteiger partial charge >= 0.3 is 18.1 Å². The van der Waals surface area contributed by atoms with E-state index in [2.05, 4.69) is 47.5 Å². The number of hydrogen-bond donors (Lipinski definition) is 6. The number of aromatic nitrogens is 4. The number of likely N-dealkylation sites (tertiary alicyclic amines) is 1. The highest BCUT2D eigenvalue weighted by Crippen LogP contribution is 2.50. The molecular weight excluding hydrogens is 853 g/mol. The summed E-state index contributed by atoms with van der Waals surface area (Å²) in [4.78, 5) is 68.7. The lowest BCUT2D eigenvalue weighted by atomic mass is 9.90. The van der Waals surface area contributed by atoms with Crippen LogP contribution in [0.3, 0.4) is 0 Å². The molecule has 2 aliphatic carbocycles. The van der Waals surface area contributed by atoms with Gasteiger partial charge in [0.15, 0.2) is 6.67 Å². The second-order valence-corrected chi connectivity index (χ2v) is 17.5. The van der Waals surface area contributed by atoms with Crippen LogP contribution in [-0.2, 0) is 31.7 Å². The fraction of sp³-hybridized carbons (Fsp3) is 0.522. The third-order valence-electron chi connectivity index (χ3n) is 13.3. The predicted octanol–water partition coefficient (Wildman–Crippen LogP) is 7.55. The van der Waals surface area contributed by atoms with Gasteiger partial charge in [0.1, 0.15) is 30.4 Å². The Balaban J connectivity index is 1.17. The molecule has 4 aromatic rings. The average Bonchev–Trinajstić information content (AvgIpc) is 4.18.